The summed E-state index contributed by atoms with van der Waals surface area (Å²) in [7, 11) is 0. The van der Waals surface area contributed by atoms with Crippen LogP contribution in [-0.2, 0) is 6.54 Å². The lowest BCUT2D eigenvalue weighted by molar-refractivity contribution is 0.181. The van der Waals surface area contributed by atoms with Gasteiger partial charge in [0.05, 0.1) is 11.4 Å². The van der Waals surface area contributed by atoms with E-state index in [0.29, 0.717) is 24.5 Å². The van der Waals surface area contributed by atoms with E-state index in [0.717, 1.165) is 38.0 Å². The molecule has 178 valence electrons. The molecule has 0 spiro atoms. The van der Waals surface area contributed by atoms with Gasteiger partial charge in [-0.05, 0) is 44.3 Å². The molecule has 3 heterocycles. The van der Waals surface area contributed by atoms with Crippen molar-refractivity contribution in [2.45, 2.75) is 51.1 Å². The highest BCUT2D eigenvalue weighted by Gasteiger charge is 2.22. The Morgan fingerprint density at radius 2 is 1.97 bits per heavy atom. The van der Waals surface area contributed by atoms with Crippen LogP contribution < -0.4 is 21.1 Å². The number of rotatable bonds is 8. The van der Waals surface area contributed by atoms with Crippen LogP contribution in [0.1, 0.15) is 44.1 Å². The van der Waals surface area contributed by atoms with Crippen LogP contribution in [0, 0.1) is 0 Å². The van der Waals surface area contributed by atoms with Crippen LogP contribution in [0.3, 0.4) is 0 Å². The molecule has 2 fully saturated rings. The van der Waals surface area contributed by atoms with E-state index in [9.17, 15) is 9.59 Å². The van der Waals surface area contributed by atoms with Crippen molar-refractivity contribution in [3.63, 3.8) is 0 Å². The highest BCUT2D eigenvalue weighted by molar-refractivity contribution is 7.09. The number of amides is 3. The minimum Gasteiger partial charge on any atom is -0.396 e. The third-order valence-corrected chi connectivity index (χ3v) is 6.91. The van der Waals surface area contributed by atoms with E-state index in [2.05, 4.69) is 20.5 Å². The summed E-state index contributed by atoms with van der Waals surface area (Å²) < 4.78 is 5.24. The first-order valence-electron chi connectivity index (χ1n) is 11.6. The Balaban J connectivity index is 1.33. The number of urea groups is 1. The highest BCUT2D eigenvalue weighted by atomic mass is 32.1. The third kappa shape index (κ3) is 6.82. The van der Waals surface area contributed by atoms with Crippen molar-refractivity contribution in [3.05, 3.63) is 34.7 Å². The number of nitrogens with zero attached hydrogens (tertiary/aromatic N) is 3. The average molecular weight is 473 g/mol. The molecule has 33 heavy (non-hydrogen) atoms. The minimum absolute atomic E-state index is 0.0193. The second-order valence-corrected chi connectivity index (χ2v) is 9.40. The standard InChI is InChI=1S/C23H32N6O3S/c24-19-15-33-16-20(19)27-23(31)32-21-8-7-17(13-25-21)14-29(12-11-28-9-3-4-10-28)22(30)26-18-5-1-2-6-18/h7-8,13,15-16,18H,1-6,9-12,14,24H2,(H,26,30)(H,27,31). The maximum absolute atomic E-state index is 13.0. The van der Waals surface area contributed by atoms with E-state index in [4.69, 9.17) is 10.5 Å². The Kier molecular flexibility index (Phi) is 8.01. The molecule has 3 amide bonds. The van der Waals surface area contributed by atoms with E-state index in [1.807, 2.05) is 11.0 Å². The molecule has 1 saturated heterocycles. The number of nitrogens with two attached hydrogens (primary N) is 1. The Morgan fingerprint density at radius 1 is 1.18 bits per heavy atom. The summed E-state index contributed by atoms with van der Waals surface area (Å²) >= 11 is 1.39. The lowest BCUT2D eigenvalue weighted by atomic mass is 10.2. The van der Waals surface area contributed by atoms with Crippen molar-refractivity contribution in [1.29, 1.82) is 0 Å². The second kappa shape index (κ2) is 11.3. The van der Waals surface area contributed by atoms with E-state index < -0.39 is 6.09 Å². The molecule has 4 N–H and O–H groups in total. The molecule has 2 aliphatic rings. The fourth-order valence-corrected chi connectivity index (χ4v) is 4.95. The number of nitrogen functional groups attached to an aromatic ring is 1. The van der Waals surface area contributed by atoms with Crippen LogP contribution in [0.4, 0.5) is 21.0 Å². The summed E-state index contributed by atoms with van der Waals surface area (Å²) in [5.41, 5.74) is 7.66. The predicted octanol–water partition coefficient (Wildman–Crippen LogP) is 3.89. The van der Waals surface area contributed by atoms with Crippen LogP contribution in [0.15, 0.2) is 29.1 Å². The monoisotopic (exact) mass is 472 g/mol. The topological polar surface area (TPSA) is 113 Å². The average Bonchev–Trinajstić information content (AvgIpc) is 3.57. The van der Waals surface area contributed by atoms with Crippen molar-refractivity contribution >= 4 is 34.8 Å². The van der Waals surface area contributed by atoms with Gasteiger partial charge in [0.2, 0.25) is 5.88 Å². The molecular formula is C23H32N6O3S. The molecule has 0 aromatic carbocycles. The first-order valence-corrected chi connectivity index (χ1v) is 12.5. The number of anilines is 2. The molecule has 1 aliphatic heterocycles. The molecule has 0 radical (unpaired) electrons. The SMILES string of the molecule is Nc1cscc1NC(=O)Oc1ccc(CN(CCN2CCCC2)C(=O)NC2CCCC2)cn1. The van der Waals surface area contributed by atoms with Crippen LogP contribution >= 0.6 is 11.3 Å². The fraction of sp³-hybridized carbons (Fsp3) is 0.522. The molecule has 4 rings (SSSR count). The van der Waals surface area contributed by atoms with E-state index in [1.165, 1.54) is 37.0 Å². The Hall–Kier alpha value is -2.85. The maximum atomic E-state index is 13.0. The minimum atomic E-state index is -0.650. The molecule has 1 aliphatic carbocycles. The first-order chi connectivity index (χ1) is 16.1. The number of thiophene rings is 1. The van der Waals surface area contributed by atoms with E-state index in [1.54, 1.807) is 23.0 Å². The number of carbonyl (C=O) groups excluding carboxylic acids is 2. The summed E-state index contributed by atoms with van der Waals surface area (Å²) in [4.78, 5) is 33.6. The van der Waals surface area contributed by atoms with E-state index in [-0.39, 0.29) is 18.0 Å². The zero-order valence-electron chi connectivity index (χ0n) is 18.8. The summed E-state index contributed by atoms with van der Waals surface area (Å²) in [6, 6.07) is 3.73. The number of hydrogen-bond acceptors (Lipinski definition) is 7. The molecular weight excluding hydrogens is 440 g/mol. The van der Waals surface area contributed by atoms with Crippen LogP contribution in [0.25, 0.3) is 0 Å². The van der Waals surface area contributed by atoms with Gasteiger partial charge in [0, 0.05) is 48.7 Å². The number of carbonyl (C=O) groups is 2. The Labute approximate surface area is 198 Å². The normalized spacial score (nSPS) is 16.6. The first kappa shape index (κ1) is 23.3. The van der Waals surface area contributed by atoms with Crippen molar-refractivity contribution in [1.82, 2.24) is 20.1 Å². The van der Waals surface area contributed by atoms with Crippen LogP contribution in [0.5, 0.6) is 5.88 Å². The lowest BCUT2D eigenvalue weighted by Crippen LogP contribution is -2.46. The van der Waals surface area contributed by atoms with Gasteiger partial charge < -0.3 is 25.6 Å². The van der Waals surface area contributed by atoms with Crippen molar-refractivity contribution < 1.29 is 14.3 Å². The Morgan fingerprint density at radius 3 is 2.64 bits per heavy atom. The van der Waals surface area contributed by atoms with Gasteiger partial charge in [0.1, 0.15) is 0 Å². The van der Waals surface area contributed by atoms with Crippen molar-refractivity contribution in [2.24, 2.45) is 0 Å². The number of likely N-dealkylation sites (tertiary alicyclic amines) is 1. The smallest absolute Gasteiger partial charge is 0.396 e. The van der Waals surface area contributed by atoms with Gasteiger partial charge in [-0.15, -0.1) is 11.3 Å². The number of hydrogen-bond donors (Lipinski definition) is 3. The quantitative estimate of drug-likeness (QED) is 0.537. The summed E-state index contributed by atoms with van der Waals surface area (Å²) in [5.74, 6) is 0.184. The number of ether oxygens (including phenoxy) is 1. The van der Waals surface area contributed by atoms with E-state index >= 15 is 0 Å². The van der Waals surface area contributed by atoms with Gasteiger partial charge in [-0.1, -0.05) is 18.9 Å². The molecule has 0 unspecified atom stereocenters. The zero-order chi connectivity index (χ0) is 23.0. The van der Waals surface area contributed by atoms with Gasteiger partial charge in [-0.3, -0.25) is 5.32 Å². The highest BCUT2D eigenvalue weighted by Crippen LogP contribution is 2.23. The second-order valence-electron chi connectivity index (χ2n) is 8.66. The van der Waals surface area contributed by atoms with Gasteiger partial charge in [0.15, 0.2) is 0 Å². The third-order valence-electron chi connectivity index (χ3n) is 6.15. The van der Waals surface area contributed by atoms with Crippen molar-refractivity contribution in [2.75, 3.05) is 37.2 Å². The Bertz CT molecular complexity index is 923. The van der Waals surface area contributed by atoms with Crippen molar-refractivity contribution in [3.8, 4) is 5.88 Å². The molecule has 9 nitrogen and oxygen atoms in total. The zero-order valence-corrected chi connectivity index (χ0v) is 19.6. The largest absolute Gasteiger partial charge is 0.418 e. The summed E-state index contributed by atoms with van der Waals surface area (Å²) in [5, 5.41) is 9.27. The predicted molar refractivity (Wildman–Crippen MR) is 129 cm³/mol. The van der Waals surface area contributed by atoms with Gasteiger partial charge in [0.25, 0.3) is 0 Å². The van der Waals surface area contributed by atoms with Crippen LogP contribution in [-0.4, -0.2) is 59.1 Å². The summed E-state index contributed by atoms with van der Waals surface area (Å²) in [6.07, 6.45) is 7.92. The van der Waals surface area contributed by atoms with Gasteiger partial charge in [-0.25, -0.2) is 14.6 Å². The van der Waals surface area contributed by atoms with Gasteiger partial charge in [-0.2, -0.15) is 0 Å². The summed E-state index contributed by atoms with van der Waals surface area (Å²) in [6.45, 7) is 4.20. The number of nitrogens with one attached hydrogen (secondary N) is 2. The number of aromatic nitrogens is 1. The van der Waals surface area contributed by atoms with Crippen LogP contribution in [0.2, 0.25) is 0 Å². The molecule has 0 atom stereocenters. The number of pyridine rings is 1. The molecule has 0 bridgehead atoms. The molecule has 10 heteroatoms. The van der Waals surface area contributed by atoms with Gasteiger partial charge >= 0.3 is 12.1 Å². The lowest BCUT2D eigenvalue weighted by Gasteiger charge is -2.27. The molecule has 1 saturated carbocycles. The maximum Gasteiger partial charge on any atom is 0.418 e. The molecule has 2 aromatic heterocycles. The fourth-order valence-electron chi connectivity index (χ4n) is 4.28. The molecule has 2 aromatic rings.